The van der Waals surface area contributed by atoms with Crippen molar-refractivity contribution in [2.45, 2.75) is 56.6 Å². The number of likely N-dealkylation sites (tertiary alicyclic amines) is 1. The molecule has 1 unspecified atom stereocenters. The quantitative estimate of drug-likeness (QED) is 0.854. The van der Waals surface area contributed by atoms with Gasteiger partial charge in [-0.2, -0.15) is 0 Å². The summed E-state index contributed by atoms with van der Waals surface area (Å²) in [6, 6.07) is 7.73. The Morgan fingerprint density at radius 3 is 2.89 bits per heavy atom. The normalized spacial score (nSPS) is 26.6. The number of carbonyl (C=O) groups is 2. The Kier molecular flexibility index (Phi) is 5.34. The molecule has 146 valence electrons. The Hall–Kier alpha value is -2.08. The van der Waals surface area contributed by atoms with Crippen LogP contribution in [0.2, 0.25) is 0 Å². The number of piperidine rings is 1. The second kappa shape index (κ2) is 7.89. The number of amides is 2. The number of nitrogens with zero attached hydrogens (tertiary/aromatic N) is 1. The average molecular weight is 371 g/mol. The van der Waals surface area contributed by atoms with Crippen LogP contribution in [0.5, 0.6) is 5.75 Å². The van der Waals surface area contributed by atoms with Crippen LogP contribution in [-0.4, -0.2) is 54.5 Å². The van der Waals surface area contributed by atoms with Crippen LogP contribution in [0, 0.1) is 0 Å². The second-order valence-corrected chi connectivity index (χ2v) is 8.18. The fraction of sp³-hybridized carbons (Fsp3) is 0.619. The predicted molar refractivity (Wildman–Crippen MR) is 103 cm³/mol. The van der Waals surface area contributed by atoms with Crippen LogP contribution >= 0.6 is 0 Å². The van der Waals surface area contributed by atoms with Crippen molar-refractivity contribution in [1.82, 2.24) is 15.5 Å². The molecule has 2 fully saturated rings. The Morgan fingerprint density at radius 2 is 2.04 bits per heavy atom. The lowest BCUT2D eigenvalue weighted by Gasteiger charge is -2.42. The van der Waals surface area contributed by atoms with Crippen LogP contribution in [0.15, 0.2) is 24.3 Å². The van der Waals surface area contributed by atoms with Crippen molar-refractivity contribution >= 4 is 11.8 Å². The summed E-state index contributed by atoms with van der Waals surface area (Å²) in [5.41, 5.74) is 0.118. The molecule has 6 heteroatoms. The van der Waals surface area contributed by atoms with E-state index < -0.39 is 5.60 Å². The van der Waals surface area contributed by atoms with Crippen molar-refractivity contribution in [3.8, 4) is 5.75 Å². The molecule has 1 atom stereocenters. The third-order valence-electron chi connectivity index (χ3n) is 5.99. The van der Waals surface area contributed by atoms with Crippen LogP contribution < -0.4 is 15.4 Å². The topological polar surface area (TPSA) is 70.7 Å². The highest BCUT2D eigenvalue weighted by atomic mass is 16.5. The lowest BCUT2D eigenvalue weighted by Crippen LogP contribution is -2.58. The van der Waals surface area contributed by atoms with E-state index in [9.17, 15) is 9.59 Å². The summed E-state index contributed by atoms with van der Waals surface area (Å²) in [4.78, 5) is 27.0. The summed E-state index contributed by atoms with van der Waals surface area (Å²) in [5, 5.41) is 6.21. The van der Waals surface area contributed by atoms with Gasteiger partial charge in [0, 0.05) is 12.6 Å². The van der Waals surface area contributed by atoms with E-state index in [2.05, 4.69) is 15.5 Å². The predicted octanol–water partition coefficient (Wildman–Crippen LogP) is 2.09. The smallest absolute Gasteiger partial charge is 0.255 e. The minimum atomic E-state index is -0.467. The van der Waals surface area contributed by atoms with Crippen LogP contribution in [0.4, 0.5) is 0 Å². The van der Waals surface area contributed by atoms with Gasteiger partial charge in [0.15, 0.2) is 0 Å². The molecule has 1 aromatic carbocycles. The highest BCUT2D eigenvalue weighted by Gasteiger charge is 2.41. The molecular formula is C21H29N3O3. The first-order valence-corrected chi connectivity index (χ1v) is 10.2. The van der Waals surface area contributed by atoms with Gasteiger partial charge in [-0.15, -0.1) is 0 Å². The highest BCUT2D eigenvalue weighted by molar-refractivity contribution is 5.97. The number of rotatable bonds is 3. The van der Waals surface area contributed by atoms with Crippen molar-refractivity contribution in [2.75, 3.05) is 26.2 Å². The van der Waals surface area contributed by atoms with Crippen LogP contribution in [-0.2, 0) is 4.79 Å². The van der Waals surface area contributed by atoms with Gasteiger partial charge >= 0.3 is 0 Å². The summed E-state index contributed by atoms with van der Waals surface area (Å²) >= 11 is 0. The van der Waals surface area contributed by atoms with Crippen molar-refractivity contribution in [2.24, 2.45) is 0 Å². The molecule has 1 saturated carbocycles. The van der Waals surface area contributed by atoms with Crippen LogP contribution in [0.25, 0.3) is 0 Å². The van der Waals surface area contributed by atoms with Crippen LogP contribution in [0.3, 0.4) is 0 Å². The van der Waals surface area contributed by atoms with E-state index in [-0.39, 0.29) is 11.8 Å². The van der Waals surface area contributed by atoms with E-state index in [4.69, 9.17) is 4.74 Å². The zero-order valence-corrected chi connectivity index (χ0v) is 15.8. The number of para-hydroxylation sites is 1. The fourth-order valence-corrected chi connectivity index (χ4v) is 4.63. The minimum Gasteiger partial charge on any atom is -0.483 e. The molecule has 4 rings (SSSR count). The Morgan fingerprint density at radius 1 is 1.22 bits per heavy atom. The lowest BCUT2D eigenvalue weighted by molar-refractivity contribution is -0.124. The van der Waals surface area contributed by atoms with E-state index in [0.717, 1.165) is 32.2 Å². The van der Waals surface area contributed by atoms with Gasteiger partial charge in [-0.1, -0.05) is 31.4 Å². The number of hydrogen-bond donors (Lipinski definition) is 2. The van der Waals surface area contributed by atoms with Crippen molar-refractivity contribution in [3.63, 3.8) is 0 Å². The molecule has 2 amide bonds. The zero-order chi connectivity index (χ0) is 18.7. The first kappa shape index (κ1) is 18.3. The van der Waals surface area contributed by atoms with E-state index >= 15 is 0 Å². The van der Waals surface area contributed by atoms with Crippen molar-refractivity contribution < 1.29 is 14.3 Å². The largest absolute Gasteiger partial charge is 0.483 e. The molecule has 2 N–H and O–H groups in total. The van der Waals surface area contributed by atoms with E-state index in [1.165, 1.54) is 19.3 Å². The maximum atomic E-state index is 12.5. The molecule has 6 nitrogen and oxygen atoms in total. The number of benzene rings is 1. The SMILES string of the molecule is O=C(CN1CCCC2(CNC(=O)c3ccccc3O2)C1)NC1CCCCC1. The van der Waals surface area contributed by atoms with Gasteiger partial charge in [0.2, 0.25) is 5.91 Å². The lowest BCUT2D eigenvalue weighted by atomic mass is 9.92. The molecule has 2 heterocycles. The molecule has 2 aliphatic heterocycles. The molecule has 0 radical (unpaired) electrons. The minimum absolute atomic E-state index is 0.0883. The molecule has 0 aromatic heterocycles. The molecule has 1 saturated heterocycles. The van der Waals surface area contributed by atoms with E-state index in [1.807, 2.05) is 18.2 Å². The number of fused-ring (bicyclic) bond motifs is 1. The molecule has 1 spiro atoms. The number of carbonyl (C=O) groups excluding carboxylic acids is 2. The molecule has 0 bridgehead atoms. The van der Waals surface area contributed by atoms with E-state index in [1.54, 1.807) is 6.07 Å². The Bertz CT molecular complexity index is 702. The third kappa shape index (κ3) is 4.26. The maximum Gasteiger partial charge on any atom is 0.255 e. The first-order valence-electron chi connectivity index (χ1n) is 10.2. The van der Waals surface area contributed by atoms with Gasteiger partial charge in [-0.25, -0.2) is 0 Å². The zero-order valence-electron chi connectivity index (χ0n) is 15.8. The number of ether oxygens (including phenoxy) is 1. The summed E-state index contributed by atoms with van der Waals surface area (Å²) in [6.07, 6.45) is 7.74. The fourth-order valence-electron chi connectivity index (χ4n) is 4.63. The molecular weight excluding hydrogens is 342 g/mol. The van der Waals surface area contributed by atoms with E-state index in [0.29, 0.717) is 37.0 Å². The van der Waals surface area contributed by atoms with Crippen LogP contribution in [0.1, 0.15) is 55.3 Å². The summed E-state index contributed by atoms with van der Waals surface area (Å²) in [7, 11) is 0. The monoisotopic (exact) mass is 371 g/mol. The third-order valence-corrected chi connectivity index (χ3v) is 5.99. The first-order chi connectivity index (χ1) is 13.1. The number of hydrogen-bond acceptors (Lipinski definition) is 4. The number of nitrogens with one attached hydrogen (secondary N) is 2. The average Bonchev–Trinajstić information content (AvgIpc) is 2.80. The standard InChI is InChI=1S/C21H29N3O3/c25-19(23-16-7-2-1-3-8-16)13-24-12-6-11-21(15-24)14-22-20(26)17-9-4-5-10-18(17)27-21/h4-5,9-10,16H,1-3,6-8,11-15H2,(H,22,26)(H,23,25). The molecule has 27 heavy (non-hydrogen) atoms. The second-order valence-electron chi connectivity index (χ2n) is 8.18. The Labute approximate surface area is 160 Å². The van der Waals surface area contributed by atoms with Gasteiger partial charge in [0.25, 0.3) is 5.91 Å². The van der Waals surface area contributed by atoms with Gasteiger partial charge in [-0.05, 0) is 44.4 Å². The van der Waals surface area contributed by atoms with Gasteiger partial charge in [0.1, 0.15) is 11.4 Å². The van der Waals surface area contributed by atoms with Gasteiger partial charge in [-0.3, -0.25) is 14.5 Å². The summed E-state index contributed by atoms with van der Waals surface area (Å²) in [5.74, 6) is 0.660. The van der Waals surface area contributed by atoms with Gasteiger partial charge < -0.3 is 15.4 Å². The summed E-state index contributed by atoms with van der Waals surface area (Å²) in [6.45, 7) is 2.41. The molecule has 3 aliphatic rings. The highest BCUT2D eigenvalue weighted by Crippen LogP contribution is 2.31. The maximum absolute atomic E-state index is 12.5. The summed E-state index contributed by atoms with van der Waals surface area (Å²) < 4.78 is 6.36. The van der Waals surface area contributed by atoms with Gasteiger partial charge in [0.05, 0.1) is 18.7 Å². The molecule has 1 aliphatic carbocycles. The van der Waals surface area contributed by atoms with Crippen molar-refractivity contribution in [1.29, 1.82) is 0 Å². The van der Waals surface area contributed by atoms with Crippen molar-refractivity contribution in [3.05, 3.63) is 29.8 Å². The molecule has 1 aromatic rings. The Balaban J connectivity index is 1.40.